The summed E-state index contributed by atoms with van der Waals surface area (Å²) < 4.78 is 17.2. The molecule has 29 heavy (non-hydrogen) atoms. The Hall–Kier alpha value is -2.14. The van der Waals surface area contributed by atoms with Gasteiger partial charge in [0.2, 0.25) is 0 Å². The van der Waals surface area contributed by atoms with Gasteiger partial charge in [0.05, 0.1) is 25.1 Å². The number of unbranched alkanes of at least 4 members (excludes halogenated alkanes) is 5. The third-order valence-electron chi connectivity index (χ3n) is 4.64. The minimum atomic E-state index is 0.0559. The maximum Gasteiger partial charge on any atom is 0.159 e. The summed E-state index contributed by atoms with van der Waals surface area (Å²) in [6.45, 7) is 8.44. The quantitative estimate of drug-likeness (QED) is 0.339. The van der Waals surface area contributed by atoms with E-state index in [0.29, 0.717) is 18.2 Å². The van der Waals surface area contributed by atoms with Crippen LogP contribution in [0.4, 0.5) is 0 Å². The fourth-order valence-electron chi connectivity index (χ4n) is 2.83. The SMILES string of the molecule is CCCCCCCOc1ccc(-c2ncc(OCC(C)OCCCC)cn2)cc1. The number of ether oxygens (including phenoxy) is 3. The van der Waals surface area contributed by atoms with Crippen LogP contribution in [0, 0.1) is 0 Å². The first-order valence-corrected chi connectivity index (χ1v) is 11.0. The molecule has 0 N–H and O–H groups in total. The normalized spacial score (nSPS) is 12.0. The van der Waals surface area contributed by atoms with Crippen LogP contribution in [0.3, 0.4) is 0 Å². The molecule has 2 rings (SSSR count). The molecule has 0 bridgehead atoms. The Balaban J connectivity index is 1.74. The van der Waals surface area contributed by atoms with Gasteiger partial charge in [-0.2, -0.15) is 0 Å². The highest BCUT2D eigenvalue weighted by Gasteiger charge is 2.06. The lowest BCUT2D eigenvalue weighted by atomic mass is 10.2. The molecule has 1 aromatic carbocycles. The van der Waals surface area contributed by atoms with Gasteiger partial charge in [0.15, 0.2) is 11.6 Å². The maximum atomic E-state index is 5.81. The van der Waals surface area contributed by atoms with Crippen LogP contribution >= 0.6 is 0 Å². The zero-order valence-electron chi connectivity index (χ0n) is 18.2. The van der Waals surface area contributed by atoms with Crippen molar-refractivity contribution in [2.24, 2.45) is 0 Å². The van der Waals surface area contributed by atoms with Crippen LogP contribution in [0.25, 0.3) is 11.4 Å². The standard InChI is InChI=1S/C24H36N2O3/c1-4-6-8-9-10-16-28-22-13-11-21(12-14-22)24-25-17-23(18-26-24)29-19-20(3)27-15-7-5-2/h11-14,17-18,20H,4-10,15-16,19H2,1-3H3. The average Bonchev–Trinajstić information content (AvgIpc) is 2.76. The average molecular weight is 401 g/mol. The van der Waals surface area contributed by atoms with E-state index in [0.717, 1.165) is 43.8 Å². The van der Waals surface area contributed by atoms with Gasteiger partial charge in [0.25, 0.3) is 0 Å². The Kier molecular flexibility index (Phi) is 11.1. The van der Waals surface area contributed by atoms with Crippen LogP contribution in [0.5, 0.6) is 11.5 Å². The Bertz CT molecular complexity index is 659. The number of rotatable bonds is 15. The van der Waals surface area contributed by atoms with Gasteiger partial charge in [-0.3, -0.25) is 0 Å². The zero-order chi connectivity index (χ0) is 20.7. The molecular formula is C24H36N2O3. The molecule has 0 saturated heterocycles. The lowest BCUT2D eigenvalue weighted by Crippen LogP contribution is -2.18. The van der Waals surface area contributed by atoms with E-state index in [2.05, 4.69) is 23.8 Å². The smallest absolute Gasteiger partial charge is 0.159 e. The summed E-state index contributed by atoms with van der Waals surface area (Å²) in [5.74, 6) is 2.22. The second-order valence-electron chi connectivity index (χ2n) is 7.38. The number of benzene rings is 1. The molecule has 0 spiro atoms. The lowest BCUT2D eigenvalue weighted by molar-refractivity contribution is 0.0307. The van der Waals surface area contributed by atoms with Crippen molar-refractivity contribution >= 4 is 0 Å². The Labute approximate surface area is 175 Å². The lowest BCUT2D eigenvalue weighted by Gasteiger charge is -2.13. The second-order valence-corrected chi connectivity index (χ2v) is 7.38. The molecule has 1 heterocycles. The van der Waals surface area contributed by atoms with Gasteiger partial charge in [-0.15, -0.1) is 0 Å². The van der Waals surface area contributed by atoms with Crippen molar-refractivity contribution in [2.75, 3.05) is 19.8 Å². The Morgan fingerprint density at radius 2 is 1.45 bits per heavy atom. The number of aromatic nitrogens is 2. The summed E-state index contributed by atoms with van der Waals surface area (Å²) in [5, 5.41) is 0. The summed E-state index contributed by atoms with van der Waals surface area (Å²) in [4.78, 5) is 8.84. The fourth-order valence-corrected chi connectivity index (χ4v) is 2.83. The van der Waals surface area contributed by atoms with E-state index < -0.39 is 0 Å². The molecule has 2 aromatic rings. The van der Waals surface area contributed by atoms with E-state index in [1.54, 1.807) is 12.4 Å². The minimum Gasteiger partial charge on any atom is -0.494 e. The number of hydrogen-bond acceptors (Lipinski definition) is 5. The van der Waals surface area contributed by atoms with Crippen molar-refractivity contribution in [2.45, 2.75) is 71.8 Å². The third-order valence-corrected chi connectivity index (χ3v) is 4.64. The highest BCUT2D eigenvalue weighted by molar-refractivity contribution is 5.56. The maximum absolute atomic E-state index is 5.81. The monoisotopic (exact) mass is 400 g/mol. The Morgan fingerprint density at radius 1 is 0.759 bits per heavy atom. The molecule has 0 aliphatic carbocycles. The van der Waals surface area contributed by atoms with E-state index in [1.807, 2.05) is 31.2 Å². The van der Waals surface area contributed by atoms with Crippen molar-refractivity contribution in [3.05, 3.63) is 36.7 Å². The van der Waals surface area contributed by atoms with Gasteiger partial charge in [-0.05, 0) is 44.0 Å². The van der Waals surface area contributed by atoms with Crippen molar-refractivity contribution in [1.29, 1.82) is 0 Å². The van der Waals surface area contributed by atoms with Crippen LogP contribution in [0.2, 0.25) is 0 Å². The molecule has 0 amide bonds. The minimum absolute atomic E-state index is 0.0559. The van der Waals surface area contributed by atoms with Crippen LogP contribution in [0.1, 0.15) is 65.7 Å². The molecule has 0 saturated carbocycles. The molecule has 1 unspecified atom stereocenters. The number of nitrogens with zero attached hydrogens (tertiary/aromatic N) is 2. The van der Waals surface area contributed by atoms with Crippen molar-refractivity contribution < 1.29 is 14.2 Å². The summed E-state index contributed by atoms with van der Waals surface area (Å²) in [6, 6.07) is 7.94. The first-order chi connectivity index (χ1) is 14.2. The first-order valence-electron chi connectivity index (χ1n) is 11.0. The van der Waals surface area contributed by atoms with E-state index in [4.69, 9.17) is 14.2 Å². The molecule has 0 aliphatic rings. The summed E-state index contributed by atoms with van der Waals surface area (Å²) in [5.41, 5.74) is 0.961. The van der Waals surface area contributed by atoms with E-state index >= 15 is 0 Å². The fraction of sp³-hybridized carbons (Fsp3) is 0.583. The van der Waals surface area contributed by atoms with Crippen LogP contribution in [0.15, 0.2) is 36.7 Å². The molecule has 160 valence electrons. The van der Waals surface area contributed by atoms with Crippen LogP contribution in [-0.4, -0.2) is 35.9 Å². The molecule has 0 aliphatic heterocycles. The van der Waals surface area contributed by atoms with Crippen molar-refractivity contribution in [1.82, 2.24) is 9.97 Å². The van der Waals surface area contributed by atoms with E-state index in [1.165, 1.54) is 25.7 Å². The first kappa shape index (κ1) is 23.1. The highest BCUT2D eigenvalue weighted by Crippen LogP contribution is 2.20. The van der Waals surface area contributed by atoms with Gasteiger partial charge < -0.3 is 14.2 Å². The summed E-state index contributed by atoms with van der Waals surface area (Å²) in [7, 11) is 0. The van der Waals surface area contributed by atoms with Gasteiger partial charge in [0, 0.05) is 12.2 Å². The molecule has 1 atom stereocenters. The Morgan fingerprint density at radius 3 is 2.14 bits per heavy atom. The van der Waals surface area contributed by atoms with Gasteiger partial charge >= 0.3 is 0 Å². The zero-order valence-corrected chi connectivity index (χ0v) is 18.2. The largest absolute Gasteiger partial charge is 0.494 e. The molecule has 1 aromatic heterocycles. The number of hydrogen-bond donors (Lipinski definition) is 0. The van der Waals surface area contributed by atoms with Gasteiger partial charge in [-0.1, -0.05) is 46.0 Å². The molecule has 0 radical (unpaired) electrons. The molecule has 5 heteroatoms. The second kappa shape index (κ2) is 13.9. The molecule has 0 fully saturated rings. The summed E-state index contributed by atoms with van der Waals surface area (Å²) >= 11 is 0. The van der Waals surface area contributed by atoms with Crippen LogP contribution < -0.4 is 9.47 Å². The van der Waals surface area contributed by atoms with Gasteiger partial charge in [0.1, 0.15) is 12.4 Å². The highest BCUT2D eigenvalue weighted by atomic mass is 16.5. The predicted molar refractivity (Wildman–Crippen MR) is 118 cm³/mol. The molecule has 5 nitrogen and oxygen atoms in total. The van der Waals surface area contributed by atoms with E-state index in [9.17, 15) is 0 Å². The van der Waals surface area contributed by atoms with Crippen molar-refractivity contribution in [3.63, 3.8) is 0 Å². The topological polar surface area (TPSA) is 53.5 Å². The molecular weight excluding hydrogens is 364 g/mol. The predicted octanol–water partition coefficient (Wildman–Crippen LogP) is 6.08. The van der Waals surface area contributed by atoms with Gasteiger partial charge in [-0.25, -0.2) is 9.97 Å². The van der Waals surface area contributed by atoms with Crippen molar-refractivity contribution in [3.8, 4) is 22.9 Å². The van der Waals surface area contributed by atoms with E-state index in [-0.39, 0.29) is 6.10 Å². The third kappa shape index (κ3) is 9.27. The summed E-state index contributed by atoms with van der Waals surface area (Å²) in [6.07, 6.45) is 11.9. The van der Waals surface area contributed by atoms with Crippen LogP contribution in [-0.2, 0) is 4.74 Å².